The van der Waals surface area contributed by atoms with Crippen LogP contribution in [0, 0.1) is 0 Å². The van der Waals surface area contributed by atoms with E-state index < -0.39 is 0 Å². The summed E-state index contributed by atoms with van der Waals surface area (Å²) in [5, 5.41) is 11.7. The third kappa shape index (κ3) is 6.34. The van der Waals surface area contributed by atoms with Crippen LogP contribution in [0.4, 0.5) is 0 Å². The Morgan fingerprint density at radius 1 is 1.67 bits per heavy atom. The molecule has 0 amide bonds. The molecular formula is C8H18N2OS. The van der Waals surface area contributed by atoms with Gasteiger partial charge in [-0.1, -0.05) is 25.4 Å². The van der Waals surface area contributed by atoms with Gasteiger partial charge in [-0.25, -0.2) is 0 Å². The van der Waals surface area contributed by atoms with E-state index >= 15 is 0 Å². The smallest absolute Gasteiger partial charge is 0.140 e. The molecule has 0 aromatic rings. The van der Waals surface area contributed by atoms with Crippen molar-refractivity contribution in [2.45, 2.75) is 38.4 Å². The monoisotopic (exact) mass is 190 g/mol. The number of nitrogens with zero attached hydrogens (tertiary/aromatic N) is 1. The first-order valence-electron chi connectivity index (χ1n) is 4.28. The number of nitrogens with two attached hydrogens (primary N) is 1. The molecule has 3 N–H and O–H groups in total. The van der Waals surface area contributed by atoms with Gasteiger partial charge in [-0.3, -0.25) is 0 Å². The Kier molecular flexibility index (Phi) is 7.05. The maximum absolute atomic E-state index is 8.31. The molecule has 12 heavy (non-hydrogen) atoms. The molecule has 0 aliphatic carbocycles. The minimum atomic E-state index is 0.325. The fraction of sp³-hybridized carbons (Fsp3) is 0.875. The Morgan fingerprint density at radius 2 is 2.33 bits per heavy atom. The van der Waals surface area contributed by atoms with E-state index in [9.17, 15) is 0 Å². The van der Waals surface area contributed by atoms with Crippen LogP contribution in [0.15, 0.2) is 5.16 Å². The second kappa shape index (κ2) is 7.28. The first-order chi connectivity index (χ1) is 5.70. The molecule has 1 atom stereocenters. The van der Waals surface area contributed by atoms with Gasteiger partial charge >= 0.3 is 0 Å². The van der Waals surface area contributed by atoms with Gasteiger partial charge in [0.2, 0.25) is 0 Å². The topological polar surface area (TPSA) is 58.6 Å². The van der Waals surface area contributed by atoms with Gasteiger partial charge in [0, 0.05) is 11.7 Å². The molecule has 3 nitrogen and oxygen atoms in total. The maximum Gasteiger partial charge on any atom is 0.140 e. The van der Waals surface area contributed by atoms with Crippen LogP contribution >= 0.6 is 11.8 Å². The van der Waals surface area contributed by atoms with Crippen LogP contribution in [0.5, 0.6) is 0 Å². The van der Waals surface area contributed by atoms with Crippen LogP contribution in [0.2, 0.25) is 0 Å². The van der Waals surface area contributed by atoms with Gasteiger partial charge in [-0.2, -0.15) is 11.8 Å². The lowest BCUT2D eigenvalue weighted by atomic mass is 10.3. The second-order valence-corrected chi connectivity index (χ2v) is 4.38. The summed E-state index contributed by atoms with van der Waals surface area (Å²) in [7, 11) is 0. The SMILES string of the molecule is CCCCSC(C)CC(N)=NO. The molecule has 0 aromatic heterocycles. The first kappa shape index (κ1) is 11.6. The van der Waals surface area contributed by atoms with E-state index in [2.05, 4.69) is 19.0 Å². The summed E-state index contributed by atoms with van der Waals surface area (Å²) in [4.78, 5) is 0. The summed E-state index contributed by atoms with van der Waals surface area (Å²) in [6.07, 6.45) is 3.14. The lowest BCUT2D eigenvalue weighted by Gasteiger charge is -2.08. The fourth-order valence-corrected chi connectivity index (χ4v) is 1.97. The predicted octanol–water partition coefficient (Wildman–Crippen LogP) is 2.04. The molecular weight excluding hydrogens is 172 g/mol. The van der Waals surface area contributed by atoms with E-state index in [1.165, 1.54) is 12.8 Å². The minimum absolute atomic E-state index is 0.325. The number of hydrogen-bond acceptors (Lipinski definition) is 3. The normalized spacial score (nSPS) is 14.7. The molecule has 0 saturated carbocycles. The zero-order valence-corrected chi connectivity index (χ0v) is 8.60. The van der Waals surface area contributed by atoms with Gasteiger partial charge in [0.15, 0.2) is 0 Å². The van der Waals surface area contributed by atoms with Crippen molar-refractivity contribution < 1.29 is 5.21 Å². The zero-order chi connectivity index (χ0) is 9.40. The average Bonchev–Trinajstić information content (AvgIpc) is 2.05. The van der Waals surface area contributed by atoms with Crippen molar-refractivity contribution in [3.63, 3.8) is 0 Å². The molecule has 4 heteroatoms. The molecule has 72 valence electrons. The van der Waals surface area contributed by atoms with Crippen LogP contribution in [0.1, 0.15) is 33.1 Å². The van der Waals surface area contributed by atoms with Gasteiger partial charge in [-0.05, 0) is 12.2 Å². The third-order valence-electron chi connectivity index (χ3n) is 1.53. The van der Waals surface area contributed by atoms with Gasteiger partial charge in [0.1, 0.15) is 5.84 Å². The van der Waals surface area contributed by atoms with Crippen LogP contribution < -0.4 is 5.73 Å². The third-order valence-corrected chi connectivity index (χ3v) is 2.79. The van der Waals surface area contributed by atoms with E-state index in [-0.39, 0.29) is 0 Å². The molecule has 0 fully saturated rings. The molecule has 0 aliphatic rings. The molecule has 0 rings (SSSR count). The number of oxime groups is 1. The Bertz CT molecular complexity index is 139. The van der Waals surface area contributed by atoms with Crippen LogP contribution in [-0.2, 0) is 0 Å². The zero-order valence-electron chi connectivity index (χ0n) is 7.79. The lowest BCUT2D eigenvalue weighted by Crippen LogP contribution is -2.16. The van der Waals surface area contributed by atoms with Crippen LogP contribution in [0.25, 0.3) is 0 Å². The molecule has 0 spiro atoms. The summed E-state index contributed by atoms with van der Waals surface area (Å²) in [6.45, 7) is 4.27. The Hall–Kier alpha value is -0.380. The van der Waals surface area contributed by atoms with Gasteiger partial charge in [0.25, 0.3) is 0 Å². The highest BCUT2D eigenvalue weighted by Gasteiger charge is 2.04. The molecule has 0 saturated heterocycles. The molecule has 0 radical (unpaired) electrons. The highest BCUT2D eigenvalue weighted by atomic mass is 32.2. The van der Waals surface area contributed by atoms with E-state index in [4.69, 9.17) is 10.9 Å². The van der Waals surface area contributed by atoms with Crippen LogP contribution in [0.3, 0.4) is 0 Å². The minimum Gasteiger partial charge on any atom is -0.409 e. The summed E-state index contributed by atoms with van der Waals surface area (Å²) in [5.74, 6) is 1.49. The van der Waals surface area contributed by atoms with Crippen molar-refractivity contribution in [3.8, 4) is 0 Å². The summed E-state index contributed by atoms with van der Waals surface area (Å²) in [6, 6.07) is 0. The standard InChI is InChI=1S/C8H18N2OS/c1-3-4-5-12-7(2)6-8(9)10-11/h7,11H,3-6H2,1-2H3,(H2,9,10). The number of amidine groups is 1. The Labute approximate surface area is 78.4 Å². The van der Waals surface area contributed by atoms with Gasteiger partial charge in [-0.15, -0.1) is 0 Å². The molecule has 0 aliphatic heterocycles. The largest absolute Gasteiger partial charge is 0.409 e. The molecule has 0 heterocycles. The number of thioether (sulfide) groups is 1. The highest BCUT2D eigenvalue weighted by Crippen LogP contribution is 2.15. The summed E-state index contributed by atoms with van der Waals surface area (Å²) < 4.78 is 0. The highest BCUT2D eigenvalue weighted by molar-refractivity contribution is 7.99. The average molecular weight is 190 g/mol. The van der Waals surface area contributed by atoms with Gasteiger partial charge < -0.3 is 10.9 Å². The summed E-state index contributed by atoms with van der Waals surface area (Å²) >= 11 is 1.87. The van der Waals surface area contributed by atoms with Crippen molar-refractivity contribution in [2.24, 2.45) is 10.9 Å². The van der Waals surface area contributed by atoms with E-state index in [1.807, 2.05) is 11.8 Å². The number of hydrogen-bond donors (Lipinski definition) is 2. The number of unbranched alkanes of at least 4 members (excludes halogenated alkanes) is 1. The van der Waals surface area contributed by atoms with Crippen molar-refractivity contribution >= 4 is 17.6 Å². The fourth-order valence-electron chi connectivity index (χ4n) is 0.823. The molecule has 1 unspecified atom stereocenters. The predicted molar refractivity (Wildman–Crippen MR) is 54.9 cm³/mol. The van der Waals surface area contributed by atoms with E-state index in [0.717, 1.165) is 5.75 Å². The maximum atomic E-state index is 8.31. The first-order valence-corrected chi connectivity index (χ1v) is 5.33. The van der Waals surface area contributed by atoms with Crippen molar-refractivity contribution in [3.05, 3.63) is 0 Å². The van der Waals surface area contributed by atoms with Crippen LogP contribution in [-0.4, -0.2) is 22.0 Å². The van der Waals surface area contributed by atoms with Crippen molar-refractivity contribution in [1.29, 1.82) is 0 Å². The van der Waals surface area contributed by atoms with Gasteiger partial charge in [0.05, 0.1) is 0 Å². The van der Waals surface area contributed by atoms with Crippen molar-refractivity contribution in [1.82, 2.24) is 0 Å². The molecule has 0 bridgehead atoms. The summed E-state index contributed by atoms with van der Waals surface area (Å²) in [5.41, 5.74) is 5.36. The molecule has 0 aromatic carbocycles. The van der Waals surface area contributed by atoms with Crippen molar-refractivity contribution in [2.75, 3.05) is 5.75 Å². The van der Waals surface area contributed by atoms with E-state index in [1.54, 1.807) is 0 Å². The second-order valence-electron chi connectivity index (χ2n) is 2.83. The quantitative estimate of drug-likeness (QED) is 0.221. The van der Waals surface area contributed by atoms with E-state index in [0.29, 0.717) is 17.5 Å². The Morgan fingerprint density at radius 3 is 2.83 bits per heavy atom. The number of rotatable bonds is 6. The Balaban J connectivity index is 3.39. The lowest BCUT2D eigenvalue weighted by molar-refractivity contribution is 0.317.